The summed E-state index contributed by atoms with van der Waals surface area (Å²) in [6.07, 6.45) is 0. The highest BCUT2D eigenvalue weighted by atomic mass is 35.5. The molecule has 0 bridgehead atoms. The average molecular weight is 356 g/mol. The van der Waals surface area contributed by atoms with E-state index in [1.165, 1.54) is 13.2 Å². The van der Waals surface area contributed by atoms with Gasteiger partial charge in [-0.2, -0.15) is 4.72 Å². The molecule has 0 aliphatic carbocycles. The van der Waals surface area contributed by atoms with Crippen molar-refractivity contribution in [1.82, 2.24) is 4.72 Å². The van der Waals surface area contributed by atoms with Gasteiger partial charge in [-0.3, -0.25) is 4.79 Å². The van der Waals surface area contributed by atoms with Crippen molar-refractivity contribution in [3.8, 4) is 5.75 Å². The summed E-state index contributed by atoms with van der Waals surface area (Å²) in [6, 6.07) is 1.10. The van der Waals surface area contributed by atoms with Crippen LogP contribution in [0.1, 0.15) is 13.8 Å². The Hall–Kier alpha value is -1.02. The first kappa shape index (κ1) is 18.0. The fraction of sp³-hybridized carbons (Fsp3) is 0.417. The zero-order valence-corrected chi connectivity index (χ0v) is 13.9. The molecule has 1 atom stereocenters. The third-order valence-corrected chi connectivity index (χ3v) is 4.91. The average Bonchev–Trinajstić information content (AvgIpc) is 2.37. The zero-order chi connectivity index (χ0) is 16.4. The quantitative estimate of drug-likeness (QED) is 0.817. The van der Waals surface area contributed by atoms with Gasteiger partial charge < -0.3 is 9.84 Å². The molecule has 0 heterocycles. The maximum absolute atomic E-state index is 12.3. The molecular formula is C12H15Cl2NO5S. The van der Waals surface area contributed by atoms with Gasteiger partial charge in [0, 0.05) is 6.07 Å². The molecule has 0 spiro atoms. The second-order valence-electron chi connectivity index (χ2n) is 4.60. The molecule has 0 saturated carbocycles. The van der Waals surface area contributed by atoms with Crippen LogP contribution >= 0.6 is 23.2 Å². The van der Waals surface area contributed by atoms with Gasteiger partial charge in [0.2, 0.25) is 10.0 Å². The van der Waals surface area contributed by atoms with Gasteiger partial charge in [0.15, 0.2) is 0 Å². The van der Waals surface area contributed by atoms with Crippen molar-refractivity contribution in [3.05, 3.63) is 22.2 Å². The van der Waals surface area contributed by atoms with Crippen LogP contribution in [0.3, 0.4) is 0 Å². The predicted molar refractivity (Wildman–Crippen MR) is 79.6 cm³/mol. The Bertz CT molecular complexity index is 645. The van der Waals surface area contributed by atoms with Crippen molar-refractivity contribution < 1.29 is 23.1 Å². The lowest BCUT2D eigenvalue weighted by molar-refractivity contribution is -0.140. The molecule has 0 aliphatic rings. The first-order valence-corrected chi connectivity index (χ1v) is 8.12. The second-order valence-corrected chi connectivity index (χ2v) is 7.10. The van der Waals surface area contributed by atoms with E-state index in [0.717, 1.165) is 6.07 Å². The van der Waals surface area contributed by atoms with Gasteiger partial charge in [-0.05, 0) is 12.0 Å². The second kappa shape index (κ2) is 6.83. The number of methoxy groups -OCH3 is 1. The first-order chi connectivity index (χ1) is 9.60. The van der Waals surface area contributed by atoms with Gasteiger partial charge in [-0.15, -0.1) is 0 Å². The predicted octanol–water partition coefficient (Wildman–Crippen LogP) is 2.39. The lowest BCUT2D eigenvalue weighted by Crippen LogP contribution is -2.44. The lowest BCUT2D eigenvalue weighted by atomic mass is 10.1. The third-order valence-electron chi connectivity index (χ3n) is 2.71. The molecule has 21 heavy (non-hydrogen) atoms. The van der Waals surface area contributed by atoms with Crippen LogP contribution in [-0.2, 0) is 14.8 Å². The standard InChI is InChI=1S/C12H15Cl2NO5S/c1-6(2)11(12(16)17)15-21(18,19)10-5-7(13)9(20-3)4-8(10)14/h4-6,11,15H,1-3H3,(H,16,17)/t11-/m1/s1. The topological polar surface area (TPSA) is 92.7 Å². The van der Waals surface area contributed by atoms with Crippen LogP contribution in [0, 0.1) is 5.92 Å². The van der Waals surface area contributed by atoms with Gasteiger partial charge in [-0.1, -0.05) is 37.0 Å². The first-order valence-electron chi connectivity index (χ1n) is 5.88. The maximum atomic E-state index is 12.3. The van der Waals surface area contributed by atoms with Crippen LogP contribution in [0.4, 0.5) is 0 Å². The summed E-state index contributed by atoms with van der Waals surface area (Å²) >= 11 is 11.8. The molecule has 9 heteroatoms. The highest BCUT2D eigenvalue weighted by Crippen LogP contribution is 2.33. The number of carboxylic acids is 1. The van der Waals surface area contributed by atoms with Crippen molar-refractivity contribution in [1.29, 1.82) is 0 Å². The molecule has 0 radical (unpaired) electrons. The number of hydrogen-bond acceptors (Lipinski definition) is 4. The number of carboxylic acid groups (broad SMARTS) is 1. The zero-order valence-electron chi connectivity index (χ0n) is 11.6. The fourth-order valence-corrected chi connectivity index (χ4v) is 3.76. The van der Waals surface area contributed by atoms with Gasteiger partial charge in [0.25, 0.3) is 0 Å². The summed E-state index contributed by atoms with van der Waals surface area (Å²) in [5.41, 5.74) is 0. The van der Waals surface area contributed by atoms with E-state index in [9.17, 15) is 13.2 Å². The molecule has 0 fully saturated rings. The van der Waals surface area contributed by atoms with Crippen LogP contribution in [0.15, 0.2) is 17.0 Å². The summed E-state index contributed by atoms with van der Waals surface area (Å²) < 4.78 is 31.6. The van der Waals surface area contributed by atoms with E-state index in [4.69, 9.17) is 33.0 Å². The third kappa shape index (κ3) is 4.23. The number of aliphatic carboxylic acids is 1. The van der Waals surface area contributed by atoms with Crippen molar-refractivity contribution in [2.45, 2.75) is 24.8 Å². The van der Waals surface area contributed by atoms with Crippen molar-refractivity contribution >= 4 is 39.2 Å². The SMILES string of the molecule is COc1cc(Cl)c(S(=O)(=O)N[C@@H](C(=O)O)C(C)C)cc1Cl. The smallest absolute Gasteiger partial charge is 0.322 e. The van der Waals surface area contributed by atoms with E-state index in [1.807, 2.05) is 0 Å². The highest BCUT2D eigenvalue weighted by Gasteiger charge is 2.29. The van der Waals surface area contributed by atoms with E-state index >= 15 is 0 Å². The van der Waals surface area contributed by atoms with Crippen LogP contribution in [0.25, 0.3) is 0 Å². The summed E-state index contributed by atoms with van der Waals surface area (Å²) in [5.74, 6) is -1.49. The monoisotopic (exact) mass is 355 g/mol. The van der Waals surface area contributed by atoms with Gasteiger partial charge in [0.1, 0.15) is 16.7 Å². The molecule has 1 aromatic carbocycles. The van der Waals surface area contributed by atoms with Crippen LogP contribution in [0.2, 0.25) is 10.0 Å². The molecular weight excluding hydrogens is 341 g/mol. The van der Waals surface area contributed by atoms with Gasteiger partial charge in [0.05, 0.1) is 17.2 Å². The van der Waals surface area contributed by atoms with Gasteiger partial charge in [-0.25, -0.2) is 8.42 Å². The summed E-state index contributed by atoms with van der Waals surface area (Å²) in [6.45, 7) is 3.17. The minimum absolute atomic E-state index is 0.0543. The number of rotatable bonds is 6. The Morgan fingerprint density at radius 1 is 1.29 bits per heavy atom. The summed E-state index contributed by atoms with van der Waals surface area (Å²) in [4.78, 5) is 10.8. The van der Waals surface area contributed by atoms with Crippen LogP contribution < -0.4 is 9.46 Å². The maximum Gasteiger partial charge on any atom is 0.322 e. The number of nitrogens with one attached hydrogen (secondary N) is 1. The van der Waals surface area contributed by atoms with E-state index in [0.29, 0.717) is 0 Å². The largest absolute Gasteiger partial charge is 0.495 e. The Kier molecular flexibility index (Phi) is 5.86. The molecule has 0 unspecified atom stereocenters. The van der Waals surface area contributed by atoms with E-state index < -0.39 is 28.0 Å². The molecule has 0 saturated heterocycles. The van der Waals surface area contributed by atoms with Crippen molar-refractivity contribution in [3.63, 3.8) is 0 Å². The molecule has 1 aromatic rings. The Balaban J connectivity index is 3.25. The minimum Gasteiger partial charge on any atom is -0.495 e. The van der Waals surface area contributed by atoms with Gasteiger partial charge >= 0.3 is 5.97 Å². The van der Waals surface area contributed by atoms with Crippen LogP contribution in [-0.4, -0.2) is 32.6 Å². The number of halogens is 2. The fourth-order valence-electron chi connectivity index (χ4n) is 1.57. The van der Waals surface area contributed by atoms with E-state index in [1.54, 1.807) is 13.8 Å². The summed E-state index contributed by atoms with van der Waals surface area (Å²) in [5, 5.41) is 8.99. The normalized spacial score (nSPS) is 13.2. The lowest BCUT2D eigenvalue weighted by Gasteiger charge is -2.18. The van der Waals surface area contributed by atoms with E-state index in [-0.39, 0.29) is 20.7 Å². The molecule has 6 nitrogen and oxygen atoms in total. The Morgan fingerprint density at radius 2 is 1.86 bits per heavy atom. The molecule has 0 aliphatic heterocycles. The molecule has 1 rings (SSSR count). The minimum atomic E-state index is -4.13. The number of benzene rings is 1. The van der Waals surface area contributed by atoms with E-state index in [2.05, 4.69) is 4.72 Å². The Morgan fingerprint density at radius 3 is 2.29 bits per heavy atom. The number of ether oxygens (including phenoxy) is 1. The summed E-state index contributed by atoms with van der Waals surface area (Å²) in [7, 11) is -2.77. The molecule has 118 valence electrons. The number of sulfonamides is 1. The number of carbonyl (C=O) groups is 1. The van der Waals surface area contributed by atoms with Crippen molar-refractivity contribution in [2.24, 2.45) is 5.92 Å². The Labute approximate surface area is 133 Å². The molecule has 0 aromatic heterocycles. The molecule has 2 N–H and O–H groups in total. The number of hydrogen-bond donors (Lipinski definition) is 2. The molecule has 0 amide bonds. The highest BCUT2D eigenvalue weighted by molar-refractivity contribution is 7.89. The van der Waals surface area contributed by atoms with Crippen molar-refractivity contribution in [2.75, 3.05) is 7.11 Å². The van der Waals surface area contributed by atoms with Crippen LogP contribution in [0.5, 0.6) is 5.75 Å².